The number of hydrogen-bond acceptors (Lipinski definition) is 3. The van der Waals surface area contributed by atoms with E-state index in [1.54, 1.807) is 11.3 Å². The average molecular weight is 311 g/mol. The zero-order chi connectivity index (χ0) is 12.3. The second-order valence-electron chi connectivity index (χ2n) is 4.04. The van der Waals surface area contributed by atoms with Gasteiger partial charge in [-0.25, -0.2) is 4.98 Å². The lowest BCUT2D eigenvalue weighted by Gasteiger charge is -2.13. The molecule has 0 aliphatic heterocycles. The van der Waals surface area contributed by atoms with Crippen molar-refractivity contribution < 1.29 is 0 Å². The minimum atomic E-state index is 0.330. The molecule has 17 heavy (non-hydrogen) atoms. The van der Waals surface area contributed by atoms with Gasteiger partial charge >= 0.3 is 0 Å². The van der Waals surface area contributed by atoms with Gasteiger partial charge in [0.15, 0.2) is 0 Å². The molecule has 90 valence electrons. The molecule has 1 aromatic carbocycles. The van der Waals surface area contributed by atoms with Gasteiger partial charge < -0.3 is 5.32 Å². The van der Waals surface area contributed by atoms with E-state index in [1.807, 2.05) is 13.0 Å². The molecule has 0 fully saturated rings. The van der Waals surface area contributed by atoms with E-state index in [0.717, 1.165) is 21.7 Å². The maximum Gasteiger partial charge on any atom is 0.107 e. The summed E-state index contributed by atoms with van der Waals surface area (Å²) >= 11 is 5.20. The first-order valence-electron chi connectivity index (χ1n) is 5.55. The van der Waals surface area contributed by atoms with Crippen molar-refractivity contribution in [3.05, 3.63) is 50.4 Å². The number of hydrogen-bond donors (Lipinski definition) is 1. The van der Waals surface area contributed by atoms with Crippen LogP contribution in [0, 0.1) is 6.92 Å². The van der Waals surface area contributed by atoms with Crippen LogP contribution < -0.4 is 5.32 Å². The first-order chi connectivity index (χ1) is 8.15. The monoisotopic (exact) mass is 310 g/mol. The lowest BCUT2D eigenvalue weighted by molar-refractivity contribution is 0.572. The number of aryl methyl sites for hydroxylation is 1. The molecule has 4 heteroatoms. The predicted molar refractivity (Wildman–Crippen MR) is 76.2 cm³/mol. The van der Waals surface area contributed by atoms with E-state index in [4.69, 9.17) is 0 Å². The molecule has 0 bridgehead atoms. The van der Waals surface area contributed by atoms with Gasteiger partial charge in [-0.1, -0.05) is 28.1 Å². The fraction of sp³-hybridized carbons (Fsp3) is 0.308. The van der Waals surface area contributed by atoms with Crippen molar-refractivity contribution in [2.45, 2.75) is 26.4 Å². The Kier molecular flexibility index (Phi) is 4.31. The Labute approximate surface area is 114 Å². The summed E-state index contributed by atoms with van der Waals surface area (Å²) < 4.78 is 1.12. The number of benzene rings is 1. The van der Waals surface area contributed by atoms with Crippen LogP contribution in [0.3, 0.4) is 0 Å². The minimum absolute atomic E-state index is 0.330. The predicted octanol–water partition coefficient (Wildman–Crippen LogP) is 4.06. The molecule has 0 saturated carbocycles. The Morgan fingerprint density at radius 1 is 1.47 bits per heavy atom. The first-order valence-corrected chi connectivity index (χ1v) is 7.22. The van der Waals surface area contributed by atoms with Crippen LogP contribution >= 0.6 is 27.3 Å². The van der Waals surface area contributed by atoms with E-state index < -0.39 is 0 Å². The van der Waals surface area contributed by atoms with E-state index in [1.165, 1.54) is 5.56 Å². The number of halogens is 1. The molecule has 2 rings (SSSR count). The molecule has 2 aromatic rings. The van der Waals surface area contributed by atoms with Gasteiger partial charge in [-0.05, 0) is 31.5 Å². The molecule has 0 unspecified atom stereocenters. The number of nitrogens with one attached hydrogen (secondary N) is 1. The summed E-state index contributed by atoms with van der Waals surface area (Å²) in [5, 5.41) is 6.71. The first kappa shape index (κ1) is 12.7. The zero-order valence-corrected chi connectivity index (χ0v) is 12.3. The smallest absolute Gasteiger partial charge is 0.107 e. The summed E-state index contributed by atoms with van der Waals surface area (Å²) in [4.78, 5) is 4.44. The van der Waals surface area contributed by atoms with E-state index in [9.17, 15) is 0 Å². The molecule has 0 spiro atoms. The maximum absolute atomic E-state index is 4.44. The van der Waals surface area contributed by atoms with Crippen molar-refractivity contribution >= 4 is 27.3 Å². The highest BCUT2D eigenvalue weighted by atomic mass is 79.9. The Bertz CT molecular complexity index is 496. The summed E-state index contributed by atoms with van der Waals surface area (Å²) in [6.07, 6.45) is 0. The van der Waals surface area contributed by atoms with Gasteiger partial charge in [-0.3, -0.25) is 0 Å². The zero-order valence-electron chi connectivity index (χ0n) is 9.90. The Hall–Kier alpha value is -0.710. The second kappa shape index (κ2) is 5.76. The molecule has 0 radical (unpaired) electrons. The normalized spacial score (nSPS) is 12.6. The van der Waals surface area contributed by atoms with Gasteiger partial charge in [0.2, 0.25) is 0 Å². The molecule has 1 heterocycles. The van der Waals surface area contributed by atoms with Crippen LogP contribution in [-0.2, 0) is 6.54 Å². The van der Waals surface area contributed by atoms with Crippen LogP contribution in [0.25, 0.3) is 0 Å². The fourth-order valence-electron chi connectivity index (χ4n) is 1.62. The molecule has 0 aliphatic carbocycles. The third kappa shape index (κ3) is 3.63. The Balaban J connectivity index is 1.95. The number of nitrogens with zero attached hydrogens (tertiary/aromatic N) is 1. The van der Waals surface area contributed by atoms with Crippen molar-refractivity contribution in [2.24, 2.45) is 0 Å². The van der Waals surface area contributed by atoms with Crippen LogP contribution in [0.15, 0.2) is 34.1 Å². The van der Waals surface area contributed by atoms with Gasteiger partial charge in [-0.2, -0.15) is 0 Å². The molecular formula is C13H15BrN2S. The highest BCUT2D eigenvalue weighted by Gasteiger charge is 2.06. The molecule has 1 atom stereocenters. The Morgan fingerprint density at radius 3 is 2.94 bits per heavy atom. The average Bonchev–Trinajstić information content (AvgIpc) is 2.72. The fourth-order valence-corrected chi connectivity index (χ4v) is 2.76. The largest absolute Gasteiger partial charge is 0.304 e. The lowest BCUT2D eigenvalue weighted by atomic mass is 10.1. The van der Waals surface area contributed by atoms with Crippen LogP contribution in [0.1, 0.15) is 29.2 Å². The van der Waals surface area contributed by atoms with Crippen LogP contribution in [0.5, 0.6) is 0 Å². The van der Waals surface area contributed by atoms with Gasteiger partial charge in [0.25, 0.3) is 0 Å². The van der Waals surface area contributed by atoms with Crippen LogP contribution in [0.4, 0.5) is 0 Å². The molecule has 1 aromatic heterocycles. The topological polar surface area (TPSA) is 24.9 Å². The van der Waals surface area contributed by atoms with Gasteiger partial charge in [-0.15, -0.1) is 11.3 Å². The van der Waals surface area contributed by atoms with Crippen molar-refractivity contribution in [3.8, 4) is 0 Å². The molecular weight excluding hydrogens is 296 g/mol. The highest BCUT2D eigenvalue weighted by molar-refractivity contribution is 9.10. The van der Waals surface area contributed by atoms with Crippen molar-refractivity contribution in [3.63, 3.8) is 0 Å². The highest BCUT2D eigenvalue weighted by Crippen LogP contribution is 2.18. The van der Waals surface area contributed by atoms with Crippen molar-refractivity contribution in [1.29, 1.82) is 0 Å². The number of aromatic nitrogens is 1. The maximum atomic E-state index is 4.44. The summed E-state index contributed by atoms with van der Waals surface area (Å²) in [7, 11) is 0. The van der Waals surface area contributed by atoms with E-state index >= 15 is 0 Å². The minimum Gasteiger partial charge on any atom is -0.304 e. The van der Waals surface area contributed by atoms with Gasteiger partial charge in [0, 0.05) is 28.1 Å². The van der Waals surface area contributed by atoms with Crippen molar-refractivity contribution in [2.75, 3.05) is 0 Å². The molecule has 0 aliphatic rings. The third-order valence-corrected chi connectivity index (χ3v) is 4.03. The van der Waals surface area contributed by atoms with E-state index in [2.05, 4.69) is 56.7 Å². The summed E-state index contributed by atoms with van der Waals surface area (Å²) in [6.45, 7) is 5.02. The summed E-state index contributed by atoms with van der Waals surface area (Å²) in [5.74, 6) is 0. The van der Waals surface area contributed by atoms with Gasteiger partial charge in [0.05, 0.1) is 0 Å². The van der Waals surface area contributed by atoms with Gasteiger partial charge in [0.1, 0.15) is 5.01 Å². The SMILES string of the molecule is Cc1csc(CN[C@@H](C)c2cccc(Br)c2)n1. The molecule has 1 N–H and O–H groups in total. The molecule has 2 nitrogen and oxygen atoms in total. The molecule has 0 saturated heterocycles. The van der Waals surface area contributed by atoms with Crippen molar-refractivity contribution in [1.82, 2.24) is 10.3 Å². The number of rotatable bonds is 4. The van der Waals surface area contributed by atoms with Crippen LogP contribution in [0.2, 0.25) is 0 Å². The summed E-state index contributed by atoms with van der Waals surface area (Å²) in [6, 6.07) is 8.71. The van der Waals surface area contributed by atoms with E-state index in [-0.39, 0.29) is 0 Å². The lowest BCUT2D eigenvalue weighted by Crippen LogP contribution is -2.17. The molecule has 0 amide bonds. The second-order valence-corrected chi connectivity index (χ2v) is 5.90. The summed E-state index contributed by atoms with van der Waals surface area (Å²) in [5.41, 5.74) is 2.38. The number of thiazole rings is 1. The van der Waals surface area contributed by atoms with E-state index in [0.29, 0.717) is 6.04 Å². The third-order valence-electron chi connectivity index (χ3n) is 2.57. The standard InChI is InChI=1S/C13H15BrN2S/c1-9-8-17-13(16-9)7-15-10(2)11-4-3-5-12(14)6-11/h3-6,8,10,15H,7H2,1-2H3/t10-/m0/s1. The van der Waals surface area contributed by atoms with Crippen LogP contribution in [-0.4, -0.2) is 4.98 Å². The Morgan fingerprint density at radius 2 is 2.29 bits per heavy atom. The quantitative estimate of drug-likeness (QED) is 0.921.